The lowest BCUT2D eigenvalue weighted by Gasteiger charge is -2.40. The van der Waals surface area contributed by atoms with Gasteiger partial charge in [-0.05, 0) is 37.0 Å². The molecule has 0 heterocycles. The molecule has 1 N–H and O–H groups in total. The minimum absolute atomic E-state index is 0.106. The summed E-state index contributed by atoms with van der Waals surface area (Å²) in [6.45, 7) is 0.554. The fraction of sp³-hybridized carbons (Fsp3) is 0.533. The molecule has 1 aromatic carbocycles. The van der Waals surface area contributed by atoms with Gasteiger partial charge in [0.2, 0.25) is 5.91 Å². The topological polar surface area (TPSA) is 49.8 Å². The van der Waals surface area contributed by atoms with Gasteiger partial charge in [0.25, 0.3) is 0 Å². The van der Waals surface area contributed by atoms with Crippen LogP contribution in [-0.4, -0.2) is 35.7 Å². The summed E-state index contributed by atoms with van der Waals surface area (Å²) in [6, 6.07) is 6.93. The molecule has 4 heteroatoms. The number of ether oxygens (including phenoxy) is 1. The maximum atomic E-state index is 12.2. The zero-order chi connectivity index (χ0) is 13.9. The standard InChI is InChI=1S/C15H21NO3/c1-16(11-12-4-6-13(17)7-5-12)14(18)10-15(19-2)8-3-9-15/h4-7,17H,3,8-11H2,1-2H3. The van der Waals surface area contributed by atoms with Gasteiger partial charge < -0.3 is 14.7 Å². The van der Waals surface area contributed by atoms with Gasteiger partial charge in [0.1, 0.15) is 5.75 Å². The second kappa shape index (κ2) is 5.61. The molecule has 1 saturated carbocycles. The number of nitrogens with zero attached hydrogens (tertiary/aromatic N) is 1. The number of hydrogen-bond donors (Lipinski definition) is 1. The highest BCUT2D eigenvalue weighted by Crippen LogP contribution is 2.38. The van der Waals surface area contributed by atoms with Crippen molar-refractivity contribution in [3.8, 4) is 5.75 Å². The van der Waals surface area contributed by atoms with E-state index in [4.69, 9.17) is 4.74 Å². The van der Waals surface area contributed by atoms with Crippen molar-refractivity contribution in [2.45, 2.75) is 37.8 Å². The van der Waals surface area contributed by atoms with Crippen LogP contribution in [0.5, 0.6) is 5.75 Å². The van der Waals surface area contributed by atoms with Crippen molar-refractivity contribution in [2.75, 3.05) is 14.2 Å². The van der Waals surface area contributed by atoms with Gasteiger partial charge in [-0.2, -0.15) is 0 Å². The molecule has 0 saturated heterocycles. The van der Waals surface area contributed by atoms with Crippen molar-refractivity contribution in [3.63, 3.8) is 0 Å². The molecule has 4 nitrogen and oxygen atoms in total. The average Bonchev–Trinajstić information content (AvgIpc) is 2.36. The van der Waals surface area contributed by atoms with Gasteiger partial charge in [0.05, 0.1) is 12.0 Å². The van der Waals surface area contributed by atoms with Gasteiger partial charge in [-0.3, -0.25) is 4.79 Å². The number of phenols is 1. The fourth-order valence-electron chi connectivity index (χ4n) is 2.40. The van der Waals surface area contributed by atoms with Crippen LogP contribution in [0.25, 0.3) is 0 Å². The molecule has 0 unspecified atom stereocenters. The average molecular weight is 263 g/mol. The Morgan fingerprint density at radius 3 is 2.47 bits per heavy atom. The number of aromatic hydroxyl groups is 1. The molecule has 1 aliphatic carbocycles. The molecule has 0 aromatic heterocycles. The molecule has 1 aliphatic rings. The Labute approximate surface area is 114 Å². The fourth-order valence-corrected chi connectivity index (χ4v) is 2.40. The molecule has 19 heavy (non-hydrogen) atoms. The number of carbonyl (C=O) groups excluding carboxylic acids is 1. The van der Waals surface area contributed by atoms with Gasteiger partial charge in [-0.25, -0.2) is 0 Å². The third-order valence-corrected chi connectivity index (χ3v) is 3.95. The quantitative estimate of drug-likeness (QED) is 0.887. The molecule has 1 aromatic rings. The van der Waals surface area contributed by atoms with Crippen LogP contribution in [0.1, 0.15) is 31.2 Å². The lowest BCUT2D eigenvalue weighted by atomic mass is 9.77. The first-order valence-corrected chi connectivity index (χ1v) is 6.62. The third-order valence-electron chi connectivity index (χ3n) is 3.95. The van der Waals surface area contributed by atoms with E-state index in [0.29, 0.717) is 13.0 Å². The third kappa shape index (κ3) is 3.26. The Kier molecular flexibility index (Phi) is 4.10. The van der Waals surface area contributed by atoms with E-state index in [2.05, 4.69) is 0 Å². The lowest BCUT2D eigenvalue weighted by molar-refractivity contribution is -0.143. The Hall–Kier alpha value is -1.55. The highest BCUT2D eigenvalue weighted by molar-refractivity contribution is 5.77. The Balaban J connectivity index is 1.90. The smallest absolute Gasteiger partial charge is 0.225 e. The van der Waals surface area contributed by atoms with E-state index < -0.39 is 0 Å². The summed E-state index contributed by atoms with van der Waals surface area (Å²) in [6.07, 6.45) is 3.55. The Morgan fingerprint density at radius 2 is 2.00 bits per heavy atom. The van der Waals surface area contributed by atoms with Gasteiger partial charge in [0.15, 0.2) is 0 Å². The van der Waals surface area contributed by atoms with Crippen LogP contribution in [0, 0.1) is 0 Å². The number of amides is 1. The van der Waals surface area contributed by atoms with E-state index >= 15 is 0 Å². The summed E-state index contributed by atoms with van der Waals surface area (Å²) in [5.41, 5.74) is 0.786. The van der Waals surface area contributed by atoms with Crippen molar-refractivity contribution < 1.29 is 14.6 Å². The maximum absolute atomic E-state index is 12.2. The van der Waals surface area contributed by atoms with Gasteiger partial charge in [0, 0.05) is 20.7 Å². The summed E-state index contributed by atoms with van der Waals surface area (Å²) in [4.78, 5) is 13.9. The van der Waals surface area contributed by atoms with Crippen molar-refractivity contribution >= 4 is 5.91 Å². The van der Waals surface area contributed by atoms with E-state index in [1.54, 1.807) is 31.2 Å². The van der Waals surface area contributed by atoms with Gasteiger partial charge in [-0.1, -0.05) is 12.1 Å². The summed E-state index contributed by atoms with van der Waals surface area (Å²) in [7, 11) is 3.49. The molecular weight excluding hydrogens is 242 g/mol. The summed E-state index contributed by atoms with van der Waals surface area (Å²) in [5, 5.41) is 9.23. The van der Waals surface area contributed by atoms with Crippen molar-refractivity contribution in [2.24, 2.45) is 0 Å². The minimum atomic E-state index is -0.222. The number of hydrogen-bond acceptors (Lipinski definition) is 3. The molecule has 0 radical (unpaired) electrons. The zero-order valence-electron chi connectivity index (χ0n) is 11.6. The predicted molar refractivity (Wildman–Crippen MR) is 72.8 cm³/mol. The molecule has 0 aliphatic heterocycles. The van der Waals surface area contributed by atoms with Crippen molar-refractivity contribution in [1.29, 1.82) is 0 Å². The van der Waals surface area contributed by atoms with E-state index in [-0.39, 0.29) is 17.3 Å². The minimum Gasteiger partial charge on any atom is -0.508 e. The predicted octanol–water partition coefficient (Wildman–Crippen LogP) is 2.31. The van der Waals surface area contributed by atoms with Gasteiger partial charge in [-0.15, -0.1) is 0 Å². The van der Waals surface area contributed by atoms with Crippen LogP contribution in [0.3, 0.4) is 0 Å². The molecule has 0 bridgehead atoms. The highest BCUT2D eigenvalue weighted by atomic mass is 16.5. The monoisotopic (exact) mass is 263 g/mol. The second-order valence-electron chi connectivity index (χ2n) is 5.33. The van der Waals surface area contributed by atoms with Crippen LogP contribution in [0.15, 0.2) is 24.3 Å². The Bertz CT molecular complexity index is 432. The lowest BCUT2D eigenvalue weighted by Crippen LogP contribution is -2.44. The number of rotatable bonds is 5. The zero-order valence-corrected chi connectivity index (χ0v) is 11.6. The van der Waals surface area contributed by atoms with E-state index in [1.807, 2.05) is 12.1 Å². The first-order chi connectivity index (χ1) is 9.04. The number of phenolic OH excluding ortho intramolecular Hbond substituents is 1. The molecule has 0 spiro atoms. The van der Waals surface area contributed by atoms with E-state index in [9.17, 15) is 9.90 Å². The molecule has 1 fully saturated rings. The maximum Gasteiger partial charge on any atom is 0.225 e. The highest BCUT2D eigenvalue weighted by Gasteiger charge is 2.39. The van der Waals surface area contributed by atoms with Crippen LogP contribution in [0.2, 0.25) is 0 Å². The first-order valence-electron chi connectivity index (χ1n) is 6.62. The van der Waals surface area contributed by atoms with Gasteiger partial charge >= 0.3 is 0 Å². The SMILES string of the molecule is COC1(CC(=O)N(C)Cc2ccc(O)cc2)CCC1. The molecular formula is C15H21NO3. The van der Waals surface area contributed by atoms with Crippen molar-refractivity contribution in [3.05, 3.63) is 29.8 Å². The van der Waals surface area contributed by atoms with Crippen LogP contribution in [0.4, 0.5) is 0 Å². The van der Waals surface area contributed by atoms with Crippen LogP contribution in [-0.2, 0) is 16.1 Å². The van der Waals surface area contributed by atoms with E-state index in [1.165, 1.54) is 0 Å². The van der Waals surface area contributed by atoms with Crippen LogP contribution < -0.4 is 0 Å². The number of methoxy groups -OCH3 is 1. The molecule has 2 rings (SSSR count). The summed E-state index contributed by atoms with van der Waals surface area (Å²) < 4.78 is 5.48. The summed E-state index contributed by atoms with van der Waals surface area (Å²) >= 11 is 0. The van der Waals surface area contributed by atoms with Crippen LogP contribution >= 0.6 is 0 Å². The van der Waals surface area contributed by atoms with Crippen molar-refractivity contribution in [1.82, 2.24) is 4.90 Å². The first kappa shape index (κ1) is 13.9. The van der Waals surface area contributed by atoms with E-state index in [0.717, 1.165) is 24.8 Å². The Morgan fingerprint density at radius 1 is 1.37 bits per heavy atom. The largest absolute Gasteiger partial charge is 0.508 e. The summed E-state index contributed by atoms with van der Waals surface area (Å²) in [5.74, 6) is 0.347. The second-order valence-corrected chi connectivity index (χ2v) is 5.33. The molecule has 104 valence electrons. The molecule has 1 amide bonds. The molecule has 0 atom stereocenters. The normalized spacial score (nSPS) is 16.7. The number of benzene rings is 1. The number of carbonyl (C=O) groups is 1.